The van der Waals surface area contributed by atoms with Gasteiger partial charge in [-0.3, -0.25) is 14.5 Å². The Bertz CT molecular complexity index is 1240. The molecule has 3 rings (SSSR count). The zero-order valence-corrected chi connectivity index (χ0v) is 19.5. The van der Waals surface area contributed by atoms with E-state index >= 15 is 0 Å². The van der Waals surface area contributed by atoms with E-state index in [1.807, 2.05) is 31.3 Å². The minimum atomic E-state index is -4.53. The van der Waals surface area contributed by atoms with Gasteiger partial charge < -0.3 is 5.32 Å². The van der Waals surface area contributed by atoms with Crippen LogP contribution in [-0.4, -0.2) is 33.7 Å². The van der Waals surface area contributed by atoms with E-state index < -0.39 is 23.1 Å². The summed E-state index contributed by atoms with van der Waals surface area (Å²) in [4.78, 5) is 27.5. The van der Waals surface area contributed by atoms with Crippen LogP contribution in [0.5, 0.6) is 0 Å². The van der Waals surface area contributed by atoms with Crippen molar-refractivity contribution in [1.29, 1.82) is 0 Å². The van der Waals surface area contributed by atoms with Gasteiger partial charge in [0, 0.05) is 30.9 Å². The highest BCUT2D eigenvalue weighted by Crippen LogP contribution is 2.30. The Kier molecular flexibility index (Phi) is 7.56. The highest BCUT2D eigenvalue weighted by Gasteiger charge is 2.30. The number of benzene rings is 2. The smallest absolute Gasteiger partial charge is 0.346 e. The average Bonchev–Trinajstić information content (AvgIpc) is 2.77. The fraction of sp³-hybridized carbons (Fsp3) is 0.320. The molecular weight excluding hydrogens is 445 g/mol. The second-order valence-corrected chi connectivity index (χ2v) is 8.42. The first kappa shape index (κ1) is 25.2. The van der Waals surface area contributed by atoms with Crippen molar-refractivity contribution < 1.29 is 18.0 Å². The molecular formula is C25H27F3N4O2. The maximum absolute atomic E-state index is 13.1. The molecule has 0 saturated heterocycles. The van der Waals surface area contributed by atoms with Crippen molar-refractivity contribution in [2.24, 2.45) is 0 Å². The van der Waals surface area contributed by atoms with Gasteiger partial charge in [0.15, 0.2) is 5.69 Å². The first-order chi connectivity index (χ1) is 16.0. The van der Waals surface area contributed by atoms with Crippen molar-refractivity contribution in [3.63, 3.8) is 0 Å². The fourth-order valence-corrected chi connectivity index (χ4v) is 3.37. The molecule has 0 aliphatic rings. The van der Waals surface area contributed by atoms with E-state index in [2.05, 4.69) is 29.2 Å². The number of hydrogen-bond acceptors (Lipinski definition) is 4. The zero-order chi connectivity index (χ0) is 25.0. The Balaban J connectivity index is 1.86. The van der Waals surface area contributed by atoms with Gasteiger partial charge in [-0.05, 0) is 57.1 Å². The first-order valence-electron chi connectivity index (χ1n) is 10.8. The van der Waals surface area contributed by atoms with Crippen LogP contribution in [0.15, 0.2) is 59.4 Å². The van der Waals surface area contributed by atoms with E-state index in [4.69, 9.17) is 0 Å². The van der Waals surface area contributed by atoms with Gasteiger partial charge in [-0.25, -0.2) is 4.68 Å². The van der Waals surface area contributed by atoms with Gasteiger partial charge in [0.25, 0.3) is 5.91 Å². The van der Waals surface area contributed by atoms with Gasteiger partial charge in [-0.15, -0.1) is 0 Å². The van der Waals surface area contributed by atoms with Crippen LogP contribution in [0, 0.1) is 6.92 Å². The Morgan fingerprint density at radius 1 is 1.09 bits per heavy atom. The molecule has 1 N–H and O–H groups in total. The van der Waals surface area contributed by atoms with Gasteiger partial charge in [0.2, 0.25) is 5.43 Å². The normalized spacial score (nSPS) is 11.8. The van der Waals surface area contributed by atoms with Crippen molar-refractivity contribution in [3.05, 3.63) is 92.9 Å². The third-order valence-corrected chi connectivity index (χ3v) is 5.60. The third kappa shape index (κ3) is 5.91. The monoisotopic (exact) mass is 472 g/mol. The molecule has 0 saturated carbocycles. The molecule has 0 radical (unpaired) electrons. The minimum absolute atomic E-state index is 0.100. The lowest BCUT2D eigenvalue weighted by atomic mass is 10.1. The lowest BCUT2D eigenvalue weighted by Gasteiger charge is -2.22. The number of rotatable bonds is 7. The number of carbonyl (C=O) groups excluding carboxylic acids is 1. The van der Waals surface area contributed by atoms with Gasteiger partial charge in [-0.2, -0.15) is 18.3 Å². The van der Waals surface area contributed by atoms with Crippen LogP contribution in [0.4, 0.5) is 13.2 Å². The molecule has 1 heterocycles. The summed E-state index contributed by atoms with van der Waals surface area (Å²) in [6.07, 6.45) is -4.53. The van der Waals surface area contributed by atoms with Crippen LogP contribution in [0.1, 0.15) is 46.7 Å². The number of aromatic nitrogens is 2. The van der Waals surface area contributed by atoms with Crippen LogP contribution in [-0.2, 0) is 19.3 Å². The predicted octanol–water partition coefficient (Wildman–Crippen LogP) is 4.33. The van der Waals surface area contributed by atoms with Crippen LogP contribution < -0.4 is 10.7 Å². The predicted molar refractivity (Wildman–Crippen MR) is 124 cm³/mol. The van der Waals surface area contributed by atoms with E-state index in [-0.39, 0.29) is 17.9 Å². The Labute approximate surface area is 196 Å². The Morgan fingerprint density at radius 3 is 2.41 bits per heavy atom. The molecule has 3 aromatic rings. The highest BCUT2D eigenvalue weighted by molar-refractivity contribution is 5.92. The van der Waals surface area contributed by atoms with E-state index in [0.29, 0.717) is 18.3 Å². The summed E-state index contributed by atoms with van der Waals surface area (Å²) in [5.74, 6) is -0.697. The quantitative estimate of drug-likeness (QED) is 0.556. The van der Waals surface area contributed by atoms with Crippen LogP contribution in [0.2, 0.25) is 0 Å². The summed E-state index contributed by atoms with van der Waals surface area (Å²) in [7, 11) is 2.01. The molecule has 9 heteroatoms. The largest absolute Gasteiger partial charge is 0.416 e. The topological polar surface area (TPSA) is 67.2 Å². The van der Waals surface area contributed by atoms with Crippen molar-refractivity contribution in [2.75, 3.05) is 7.05 Å². The van der Waals surface area contributed by atoms with Gasteiger partial charge in [0.05, 0.1) is 11.3 Å². The van der Waals surface area contributed by atoms with E-state index in [1.54, 1.807) is 0 Å². The lowest BCUT2D eigenvalue weighted by Crippen LogP contribution is -2.32. The Hall–Kier alpha value is -3.46. The number of aryl methyl sites for hydroxylation is 1. The SMILES string of the molecule is Cc1cc(=O)c(C(=O)NCc2ccccc2CN(C)C(C)C)nn1-c1cccc(C(F)(F)F)c1. The van der Waals surface area contributed by atoms with E-state index in [9.17, 15) is 22.8 Å². The average molecular weight is 473 g/mol. The maximum Gasteiger partial charge on any atom is 0.416 e. The zero-order valence-electron chi connectivity index (χ0n) is 19.5. The first-order valence-corrected chi connectivity index (χ1v) is 10.8. The number of alkyl halides is 3. The van der Waals surface area contributed by atoms with E-state index in [1.165, 1.54) is 25.1 Å². The number of hydrogen-bond donors (Lipinski definition) is 1. The number of halogens is 3. The van der Waals surface area contributed by atoms with Crippen LogP contribution in [0.3, 0.4) is 0 Å². The summed E-state index contributed by atoms with van der Waals surface area (Å²) in [5, 5.41) is 6.81. The second kappa shape index (κ2) is 10.2. The molecule has 0 spiro atoms. The Morgan fingerprint density at radius 2 is 1.76 bits per heavy atom. The van der Waals surface area contributed by atoms with Crippen molar-refractivity contribution in [2.45, 2.75) is 46.1 Å². The van der Waals surface area contributed by atoms with Crippen molar-refractivity contribution in [3.8, 4) is 5.69 Å². The molecule has 0 aliphatic heterocycles. The summed E-state index contributed by atoms with van der Waals surface area (Å²) >= 11 is 0. The molecule has 6 nitrogen and oxygen atoms in total. The number of amides is 1. The summed E-state index contributed by atoms with van der Waals surface area (Å²) in [6.45, 7) is 6.58. The van der Waals surface area contributed by atoms with Gasteiger partial charge >= 0.3 is 6.18 Å². The molecule has 2 aromatic carbocycles. The summed E-state index contributed by atoms with van der Waals surface area (Å²) < 4.78 is 40.5. The third-order valence-electron chi connectivity index (χ3n) is 5.60. The van der Waals surface area contributed by atoms with E-state index in [0.717, 1.165) is 27.9 Å². The summed E-state index contributed by atoms with van der Waals surface area (Å²) in [5.41, 5.74) is 0.502. The number of carbonyl (C=O) groups is 1. The van der Waals surface area contributed by atoms with Crippen molar-refractivity contribution in [1.82, 2.24) is 20.0 Å². The van der Waals surface area contributed by atoms with Crippen LogP contribution in [0.25, 0.3) is 5.69 Å². The number of nitrogens with zero attached hydrogens (tertiary/aromatic N) is 3. The highest BCUT2D eigenvalue weighted by atomic mass is 19.4. The molecule has 34 heavy (non-hydrogen) atoms. The second-order valence-electron chi connectivity index (χ2n) is 8.42. The molecule has 0 aliphatic carbocycles. The fourth-order valence-electron chi connectivity index (χ4n) is 3.37. The standard InChI is InChI=1S/C25H27F3N4O2/c1-16(2)31(4)15-19-9-6-5-8-18(19)14-29-24(34)23-22(33)12-17(3)32(30-23)21-11-7-10-20(13-21)25(26,27)28/h5-13,16H,14-15H2,1-4H3,(H,29,34). The maximum atomic E-state index is 13.1. The number of nitrogens with one attached hydrogen (secondary N) is 1. The molecule has 1 amide bonds. The van der Waals surface area contributed by atoms with Gasteiger partial charge in [0.1, 0.15) is 0 Å². The van der Waals surface area contributed by atoms with Crippen LogP contribution >= 0.6 is 0 Å². The summed E-state index contributed by atoms with van der Waals surface area (Å²) in [6, 6.07) is 13.7. The molecule has 0 atom stereocenters. The minimum Gasteiger partial charge on any atom is -0.346 e. The molecule has 0 bridgehead atoms. The van der Waals surface area contributed by atoms with Gasteiger partial charge in [-0.1, -0.05) is 30.3 Å². The lowest BCUT2D eigenvalue weighted by molar-refractivity contribution is -0.137. The molecule has 0 unspecified atom stereocenters. The molecule has 1 aromatic heterocycles. The molecule has 0 fully saturated rings. The molecule has 180 valence electrons. The van der Waals surface area contributed by atoms with Crippen molar-refractivity contribution >= 4 is 5.91 Å².